The molecule has 0 aromatic heterocycles. The third-order valence-electron chi connectivity index (χ3n) is 2.67. The summed E-state index contributed by atoms with van der Waals surface area (Å²) in [4.78, 5) is 22.6. The van der Waals surface area contributed by atoms with Crippen LogP contribution in [0.1, 0.15) is 30.9 Å². The maximum absolute atomic E-state index is 12.5. The maximum atomic E-state index is 12.5. The number of rotatable bonds is 6. The molecule has 0 aliphatic heterocycles. The molecular weight excluding hydrogens is 285 g/mol. The topological polar surface area (TPSA) is 58.2 Å². The summed E-state index contributed by atoms with van der Waals surface area (Å²) in [6.07, 6.45) is -3.40. The Kier molecular flexibility index (Phi) is 6.20. The van der Waals surface area contributed by atoms with E-state index < -0.39 is 17.6 Å². The van der Waals surface area contributed by atoms with Gasteiger partial charge in [0.2, 0.25) is 11.8 Å². The highest BCUT2D eigenvalue weighted by atomic mass is 19.4. The molecule has 0 spiro atoms. The highest BCUT2D eigenvalue weighted by molar-refractivity contribution is 5.84. The largest absolute Gasteiger partial charge is 0.416 e. The summed E-state index contributed by atoms with van der Waals surface area (Å²) in [5.74, 6) is -0.677. The summed E-state index contributed by atoms with van der Waals surface area (Å²) in [6.45, 7) is 1.64. The van der Waals surface area contributed by atoms with Crippen LogP contribution in [-0.4, -0.2) is 18.4 Å². The molecule has 1 aromatic rings. The molecule has 2 amide bonds. The van der Waals surface area contributed by atoms with Crippen LogP contribution in [0.4, 0.5) is 13.2 Å². The molecule has 1 aromatic carbocycles. The summed E-state index contributed by atoms with van der Waals surface area (Å²) in [5.41, 5.74) is -0.413. The van der Waals surface area contributed by atoms with Gasteiger partial charge in [0.15, 0.2) is 0 Å². The number of alkyl halides is 3. The zero-order valence-electron chi connectivity index (χ0n) is 11.6. The Morgan fingerprint density at radius 3 is 2.48 bits per heavy atom. The minimum Gasteiger partial charge on any atom is -0.350 e. The van der Waals surface area contributed by atoms with E-state index in [2.05, 4.69) is 10.6 Å². The lowest BCUT2D eigenvalue weighted by molar-refractivity contribution is -0.137. The normalized spacial score (nSPS) is 11.0. The van der Waals surface area contributed by atoms with Crippen LogP contribution in [0.25, 0.3) is 0 Å². The van der Waals surface area contributed by atoms with Crippen LogP contribution < -0.4 is 10.6 Å². The molecule has 0 unspecified atom stereocenters. The highest BCUT2D eigenvalue weighted by Crippen LogP contribution is 2.29. The number of benzene rings is 1. The number of nitrogens with one attached hydrogen (secondary N) is 2. The van der Waals surface area contributed by atoms with Gasteiger partial charge in [0.1, 0.15) is 0 Å². The van der Waals surface area contributed by atoms with Gasteiger partial charge in [0.25, 0.3) is 0 Å². The molecule has 116 valence electrons. The monoisotopic (exact) mass is 302 g/mol. The molecule has 0 fully saturated rings. The first-order valence-corrected chi connectivity index (χ1v) is 6.52. The Morgan fingerprint density at radius 1 is 1.14 bits per heavy atom. The predicted molar refractivity (Wildman–Crippen MR) is 71.2 cm³/mol. The molecule has 4 nitrogen and oxygen atoms in total. The van der Waals surface area contributed by atoms with Crippen molar-refractivity contribution in [2.75, 3.05) is 6.54 Å². The van der Waals surface area contributed by atoms with Crippen LogP contribution in [0.15, 0.2) is 24.3 Å². The Balaban J connectivity index is 2.45. The quantitative estimate of drug-likeness (QED) is 0.846. The van der Waals surface area contributed by atoms with E-state index in [9.17, 15) is 22.8 Å². The Bertz CT molecular complexity index is 501. The fourth-order valence-corrected chi connectivity index (χ4v) is 1.62. The number of halogens is 3. The zero-order valence-corrected chi connectivity index (χ0v) is 11.6. The van der Waals surface area contributed by atoms with Gasteiger partial charge in [-0.05, 0) is 24.1 Å². The van der Waals surface area contributed by atoms with Gasteiger partial charge >= 0.3 is 6.18 Å². The molecule has 1 rings (SSSR count). The molecule has 0 saturated heterocycles. The standard InChI is InChI=1S/C14H17F3N2O2/c1-2-4-12(20)19-9-13(21)18-8-10-5-3-6-11(7-10)14(15,16)17/h3,5-7H,2,4,8-9H2,1H3,(H,18,21)(H,19,20). The van der Waals surface area contributed by atoms with Crippen molar-refractivity contribution in [3.63, 3.8) is 0 Å². The lowest BCUT2D eigenvalue weighted by Gasteiger charge is -2.10. The lowest BCUT2D eigenvalue weighted by Crippen LogP contribution is -2.36. The van der Waals surface area contributed by atoms with E-state index in [1.165, 1.54) is 12.1 Å². The van der Waals surface area contributed by atoms with Crippen molar-refractivity contribution in [2.45, 2.75) is 32.5 Å². The van der Waals surface area contributed by atoms with Crippen molar-refractivity contribution in [3.8, 4) is 0 Å². The molecule has 0 heterocycles. The summed E-state index contributed by atoms with van der Waals surface area (Å²) < 4.78 is 37.5. The van der Waals surface area contributed by atoms with Gasteiger partial charge in [-0.3, -0.25) is 9.59 Å². The third-order valence-corrected chi connectivity index (χ3v) is 2.67. The van der Waals surface area contributed by atoms with Gasteiger partial charge in [-0.2, -0.15) is 13.2 Å². The molecule has 7 heteroatoms. The molecule has 0 aliphatic carbocycles. The first-order chi connectivity index (χ1) is 9.82. The number of amides is 2. The number of carbonyl (C=O) groups is 2. The molecule has 0 saturated carbocycles. The van der Waals surface area contributed by atoms with E-state index >= 15 is 0 Å². The van der Waals surface area contributed by atoms with Crippen LogP contribution in [0.5, 0.6) is 0 Å². The predicted octanol–water partition coefficient (Wildman–Crippen LogP) is 2.24. The first kappa shape index (κ1) is 17.0. The first-order valence-electron chi connectivity index (χ1n) is 6.52. The van der Waals surface area contributed by atoms with Crippen LogP contribution in [0.3, 0.4) is 0 Å². The molecule has 0 radical (unpaired) electrons. The van der Waals surface area contributed by atoms with Crippen molar-refractivity contribution in [1.82, 2.24) is 10.6 Å². The average Bonchev–Trinajstić information content (AvgIpc) is 2.42. The van der Waals surface area contributed by atoms with Gasteiger partial charge < -0.3 is 10.6 Å². The van der Waals surface area contributed by atoms with Crippen molar-refractivity contribution < 1.29 is 22.8 Å². The van der Waals surface area contributed by atoms with Crippen molar-refractivity contribution in [3.05, 3.63) is 35.4 Å². The molecule has 0 bridgehead atoms. The van der Waals surface area contributed by atoms with Crippen LogP contribution in [0, 0.1) is 0 Å². The maximum Gasteiger partial charge on any atom is 0.416 e. The molecular formula is C14H17F3N2O2. The number of hydrogen-bond acceptors (Lipinski definition) is 2. The SMILES string of the molecule is CCCC(=O)NCC(=O)NCc1cccc(C(F)(F)F)c1. The second-order valence-corrected chi connectivity index (χ2v) is 4.50. The Hall–Kier alpha value is -2.05. The van der Waals surface area contributed by atoms with E-state index in [-0.39, 0.29) is 19.0 Å². The van der Waals surface area contributed by atoms with E-state index in [0.29, 0.717) is 18.4 Å². The summed E-state index contributed by atoms with van der Waals surface area (Å²) in [5, 5.41) is 4.88. The molecule has 0 atom stereocenters. The van der Waals surface area contributed by atoms with Gasteiger partial charge in [-0.1, -0.05) is 19.1 Å². The second kappa shape index (κ2) is 7.66. The van der Waals surface area contributed by atoms with E-state index in [4.69, 9.17) is 0 Å². The molecule has 0 aliphatic rings. The smallest absolute Gasteiger partial charge is 0.350 e. The summed E-state index contributed by atoms with van der Waals surface area (Å²) in [7, 11) is 0. The van der Waals surface area contributed by atoms with E-state index in [0.717, 1.165) is 12.1 Å². The third kappa shape index (κ3) is 6.29. The van der Waals surface area contributed by atoms with Gasteiger partial charge in [-0.25, -0.2) is 0 Å². The summed E-state index contributed by atoms with van der Waals surface area (Å²) >= 11 is 0. The Labute approximate surface area is 120 Å². The van der Waals surface area contributed by atoms with E-state index in [1.807, 2.05) is 6.92 Å². The van der Waals surface area contributed by atoms with Crippen molar-refractivity contribution >= 4 is 11.8 Å². The zero-order chi connectivity index (χ0) is 15.9. The fraction of sp³-hybridized carbons (Fsp3) is 0.429. The minimum absolute atomic E-state index is 0.0214. The van der Waals surface area contributed by atoms with E-state index in [1.54, 1.807) is 0 Å². The van der Waals surface area contributed by atoms with Crippen molar-refractivity contribution in [1.29, 1.82) is 0 Å². The molecule has 21 heavy (non-hydrogen) atoms. The lowest BCUT2D eigenvalue weighted by atomic mass is 10.1. The fourth-order valence-electron chi connectivity index (χ4n) is 1.62. The average molecular weight is 302 g/mol. The van der Waals surface area contributed by atoms with Gasteiger partial charge in [0.05, 0.1) is 12.1 Å². The molecule has 2 N–H and O–H groups in total. The highest BCUT2D eigenvalue weighted by Gasteiger charge is 2.30. The van der Waals surface area contributed by atoms with Crippen molar-refractivity contribution in [2.24, 2.45) is 0 Å². The van der Waals surface area contributed by atoms with Gasteiger partial charge in [0, 0.05) is 13.0 Å². The van der Waals surface area contributed by atoms with Crippen LogP contribution in [0.2, 0.25) is 0 Å². The summed E-state index contributed by atoms with van der Waals surface area (Å²) in [6, 6.07) is 4.73. The van der Waals surface area contributed by atoms with Crippen LogP contribution in [-0.2, 0) is 22.3 Å². The second-order valence-electron chi connectivity index (χ2n) is 4.50. The van der Waals surface area contributed by atoms with Gasteiger partial charge in [-0.15, -0.1) is 0 Å². The number of hydrogen-bond donors (Lipinski definition) is 2. The minimum atomic E-state index is -4.41. The Morgan fingerprint density at radius 2 is 1.86 bits per heavy atom. The van der Waals surface area contributed by atoms with Crippen LogP contribution >= 0.6 is 0 Å². The number of carbonyl (C=O) groups excluding carboxylic acids is 2.